The Balaban J connectivity index is 1.59. The van der Waals surface area contributed by atoms with Crippen LogP contribution in [0.1, 0.15) is 23.5 Å². The Bertz CT molecular complexity index is 1210. The van der Waals surface area contributed by atoms with Gasteiger partial charge in [0.1, 0.15) is 17.6 Å². The quantitative estimate of drug-likeness (QED) is 0.301. The molecule has 2 atom stereocenters. The largest absolute Gasteiger partial charge is 0.459 e. The van der Waals surface area contributed by atoms with E-state index in [1.807, 2.05) is 78.9 Å². The Labute approximate surface area is 199 Å². The molecule has 31 heavy (non-hydrogen) atoms. The van der Waals surface area contributed by atoms with Gasteiger partial charge >= 0.3 is 0 Å². The molecular weight excluding hydrogens is 494 g/mol. The van der Waals surface area contributed by atoms with E-state index in [4.69, 9.17) is 28.2 Å². The van der Waals surface area contributed by atoms with Crippen LogP contribution in [-0.2, 0) is 0 Å². The SMILES string of the molecule is S=C1N[C@H](c2ccccn2)[C@H](c2ccc(-c3ccc(Br)cc3)o2)N1c1ccc(Cl)cc1. The van der Waals surface area contributed by atoms with Crippen molar-refractivity contribution in [2.45, 2.75) is 12.1 Å². The lowest BCUT2D eigenvalue weighted by Gasteiger charge is -2.26. The molecular formula is C24H17BrClN3OS. The van der Waals surface area contributed by atoms with Crippen LogP contribution in [0, 0.1) is 0 Å². The standard InChI is InChI=1S/C24H17BrClN3OS/c25-16-6-4-15(5-7-16)20-12-13-21(30-20)23-22(19-3-1-2-14-27-19)28-24(31)29(23)18-10-8-17(26)9-11-18/h1-14,22-23H,(H,28,31)/t22-,23+/m1/s1. The van der Waals surface area contributed by atoms with Gasteiger partial charge in [0.15, 0.2) is 5.11 Å². The number of nitrogens with one attached hydrogen (secondary N) is 1. The second-order valence-electron chi connectivity index (χ2n) is 7.18. The molecule has 3 heterocycles. The topological polar surface area (TPSA) is 41.3 Å². The van der Waals surface area contributed by atoms with Crippen LogP contribution in [0.4, 0.5) is 5.69 Å². The van der Waals surface area contributed by atoms with Gasteiger partial charge in [0.05, 0.1) is 11.7 Å². The average molecular weight is 511 g/mol. The highest BCUT2D eigenvalue weighted by molar-refractivity contribution is 9.10. The van der Waals surface area contributed by atoms with Crippen LogP contribution in [0.15, 0.2) is 93.9 Å². The van der Waals surface area contributed by atoms with E-state index < -0.39 is 0 Å². The highest BCUT2D eigenvalue weighted by Gasteiger charge is 2.42. The molecule has 1 N–H and O–H groups in total. The Kier molecular flexibility index (Phi) is 5.52. The molecule has 0 unspecified atom stereocenters. The average Bonchev–Trinajstić information content (AvgIpc) is 3.40. The number of hydrogen-bond acceptors (Lipinski definition) is 3. The van der Waals surface area contributed by atoms with Crippen molar-refractivity contribution in [3.8, 4) is 11.3 Å². The van der Waals surface area contributed by atoms with Crippen molar-refractivity contribution >= 4 is 50.5 Å². The summed E-state index contributed by atoms with van der Waals surface area (Å²) in [6.45, 7) is 0. The molecule has 1 aliphatic heterocycles. The molecule has 1 saturated heterocycles. The first kappa shape index (κ1) is 20.2. The summed E-state index contributed by atoms with van der Waals surface area (Å²) < 4.78 is 7.38. The molecule has 2 aromatic carbocycles. The normalized spacial score (nSPS) is 18.3. The fraction of sp³-hybridized carbons (Fsp3) is 0.0833. The number of halogens is 2. The van der Waals surface area contributed by atoms with E-state index in [1.165, 1.54) is 0 Å². The van der Waals surface area contributed by atoms with Crippen molar-refractivity contribution < 1.29 is 4.42 Å². The Morgan fingerprint density at radius 1 is 0.968 bits per heavy atom. The lowest BCUT2D eigenvalue weighted by atomic mass is 10.0. The maximum absolute atomic E-state index is 6.36. The molecule has 1 fully saturated rings. The highest BCUT2D eigenvalue weighted by Crippen LogP contribution is 2.43. The molecule has 0 amide bonds. The zero-order valence-electron chi connectivity index (χ0n) is 16.2. The fourth-order valence-electron chi connectivity index (χ4n) is 3.80. The molecule has 154 valence electrons. The summed E-state index contributed by atoms with van der Waals surface area (Å²) in [6.07, 6.45) is 1.79. The van der Waals surface area contributed by atoms with Crippen LogP contribution < -0.4 is 10.2 Å². The van der Waals surface area contributed by atoms with Gasteiger partial charge in [-0.05, 0) is 72.9 Å². The van der Waals surface area contributed by atoms with Gasteiger partial charge < -0.3 is 14.6 Å². The third kappa shape index (κ3) is 3.99. The molecule has 0 aliphatic carbocycles. The smallest absolute Gasteiger partial charge is 0.174 e. The molecule has 1 aliphatic rings. The lowest BCUT2D eigenvalue weighted by Crippen LogP contribution is -2.29. The van der Waals surface area contributed by atoms with Crippen molar-refractivity contribution in [3.63, 3.8) is 0 Å². The molecule has 4 nitrogen and oxygen atoms in total. The van der Waals surface area contributed by atoms with Crippen molar-refractivity contribution in [3.05, 3.63) is 106 Å². The minimum Gasteiger partial charge on any atom is -0.459 e. The number of furan rings is 1. The van der Waals surface area contributed by atoms with E-state index in [0.717, 1.165) is 32.9 Å². The number of benzene rings is 2. The van der Waals surface area contributed by atoms with Crippen molar-refractivity contribution in [1.82, 2.24) is 10.3 Å². The van der Waals surface area contributed by atoms with Gasteiger partial charge in [0.2, 0.25) is 0 Å². The van der Waals surface area contributed by atoms with Gasteiger partial charge in [0.25, 0.3) is 0 Å². The molecule has 0 saturated carbocycles. The summed E-state index contributed by atoms with van der Waals surface area (Å²) in [5.41, 5.74) is 2.84. The number of rotatable bonds is 4. The molecule has 7 heteroatoms. The van der Waals surface area contributed by atoms with E-state index in [9.17, 15) is 0 Å². The second kappa shape index (κ2) is 8.46. The van der Waals surface area contributed by atoms with Crippen LogP contribution in [0.2, 0.25) is 5.02 Å². The summed E-state index contributed by atoms with van der Waals surface area (Å²) in [5, 5.41) is 4.73. The highest BCUT2D eigenvalue weighted by atomic mass is 79.9. The van der Waals surface area contributed by atoms with Gasteiger partial charge in [0, 0.05) is 26.9 Å². The number of aromatic nitrogens is 1. The fourth-order valence-corrected chi connectivity index (χ4v) is 4.54. The van der Waals surface area contributed by atoms with Crippen LogP contribution in [0.25, 0.3) is 11.3 Å². The van der Waals surface area contributed by atoms with Gasteiger partial charge in [-0.25, -0.2) is 0 Å². The summed E-state index contributed by atoms with van der Waals surface area (Å²) in [7, 11) is 0. The molecule has 2 aromatic heterocycles. The van der Waals surface area contributed by atoms with E-state index in [0.29, 0.717) is 10.1 Å². The minimum atomic E-state index is -0.201. The molecule has 0 bridgehead atoms. The van der Waals surface area contributed by atoms with E-state index in [1.54, 1.807) is 6.20 Å². The van der Waals surface area contributed by atoms with E-state index in [2.05, 4.69) is 31.1 Å². The van der Waals surface area contributed by atoms with E-state index in [-0.39, 0.29) is 12.1 Å². The van der Waals surface area contributed by atoms with Crippen molar-refractivity contribution in [1.29, 1.82) is 0 Å². The van der Waals surface area contributed by atoms with Crippen LogP contribution >= 0.6 is 39.7 Å². The zero-order chi connectivity index (χ0) is 21.4. The van der Waals surface area contributed by atoms with Gasteiger partial charge in [-0.3, -0.25) is 4.98 Å². The third-order valence-electron chi connectivity index (χ3n) is 5.25. The third-order valence-corrected chi connectivity index (χ3v) is 6.35. The maximum Gasteiger partial charge on any atom is 0.174 e. The zero-order valence-corrected chi connectivity index (χ0v) is 19.4. The van der Waals surface area contributed by atoms with Gasteiger partial charge in [-0.2, -0.15) is 0 Å². The molecule has 0 radical (unpaired) electrons. The monoisotopic (exact) mass is 509 g/mol. The summed E-state index contributed by atoms with van der Waals surface area (Å²) in [4.78, 5) is 6.64. The van der Waals surface area contributed by atoms with Crippen LogP contribution in [-0.4, -0.2) is 10.1 Å². The first-order chi connectivity index (χ1) is 15.1. The Hall–Kier alpha value is -2.67. The summed E-state index contributed by atoms with van der Waals surface area (Å²) in [6, 6.07) is 25.2. The second-order valence-corrected chi connectivity index (χ2v) is 8.92. The number of nitrogens with zero attached hydrogens (tertiary/aromatic N) is 2. The maximum atomic E-state index is 6.36. The van der Waals surface area contributed by atoms with Gasteiger partial charge in [-0.1, -0.05) is 45.7 Å². The van der Waals surface area contributed by atoms with Crippen molar-refractivity contribution in [2.24, 2.45) is 0 Å². The van der Waals surface area contributed by atoms with Crippen LogP contribution in [0.5, 0.6) is 0 Å². The molecule has 5 rings (SSSR count). The van der Waals surface area contributed by atoms with Crippen molar-refractivity contribution in [2.75, 3.05) is 4.90 Å². The molecule has 4 aromatic rings. The Morgan fingerprint density at radius 3 is 2.45 bits per heavy atom. The number of hydrogen-bond donors (Lipinski definition) is 1. The van der Waals surface area contributed by atoms with E-state index >= 15 is 0 Å². The Morgan fingerprint density at radius 2 is 1.74 bits per heavy atom. The minimum absolute atomic E-state index is 0.159. The first-order valence-electron chi connectivity index (χ1n) is 9.72. The number of anilines is 1. The number of pyridine rings is 1. The molecule has 0 spiro atoms. The summed E-state index contributed by atoms with van der Waals surface area (Å²) in [5.74, 6) is 1.60. The first-order valence-corrected chi connectivity index (χ1v) is 11.3. The van der Waals surface area contributed by atoms with Crippen LogP contribution in [0.3, 0.4) is 0 Å². The lowest BCUT2D eigenvalue weighted by molar-refractivity contribution is 0.439. The summed E-state index contributed by atoms with van der Waals surface area (Å²) >= 11 is 15.3. The van der Waals surface area contributed by atoms with Gasteiger partial charge in [-0.15, -0.1) is 0 Å². The number of thiocarbonyl (C=S) groups is 1. The predicted octanol–water partition coefficient (Wildman–Crippen LogP) is 6.93. The predicted molar refractivity (Wildman–Crippen MR) is 131 cm³/mol.